The lowest BCUT2D eigenvalue weighted by Gasteiger charge is -2.38. The third-order valence-electron chi connectivity index (χ3n) is 24.1. The second-order valence-corrected chi connectivity index (χ2v) is 32.7. The SMILES string of the molecule is C=C1OCc2c(cc3n(c2=O)Cc2c-3nc3cc(F)c(OCNC(=O)OCc4ccc(O[C@@H]5O[C@H](C(=O)O)[C@@H](O)[C@H](O)[C@H]5O)c(NC(=O)CN(C)C(=O)CCNC(=O)CN(CCN5C(=O)C=CC5=O)CC(=O)N[C@@H](C)C(=O)N[C@@H](C)C(=O)Nc5ccc(COC(=O)NCOc6cc7c(CC)c8c(nc7cc6F)-c6cc7c(c(=O)n6C8)COC(=O)[C@]7(O)CC)cc5)c4)cc3c2CC)[C@@]1(O)CC. The van der Waals surface area contributed by atoms with Crippen LogP contribution in [0.4, 0.5) is 29.7 Å². The number of alkyl carbamates (subject to hydrolysis) is 2. The third-order valence-corrected chi connectivity index (χ3v) is 24.1. The van der Waals surface area contributed by atoms with Gasteiger partial charge in [-0.25, -0.2) is 37.9 Å². The Kier molecular flexibility index (Phi) is 28.6. The highest BCUT2D eigenvalue weighted by molar-refractivity contribution is 6.13. The highest BCUT2D eigenvalue weighted by Crippen LogP contribution is 2.46. The number of halogens is 2. The fraction of sp³-hybridized carbons (Fsp3) is 0.385. The molecule has 10 amide bonds. The molecule has 0 saturated carbocycles. The molecule has 0 spiro atoms. The van der Waals surface area contributed by atoms with Crippen LogP contribution in [0.5, 0.6) is 17.2 Å². The van der Waals surface area contributed by atoms with Crippen LogP contribution in [-0.2, 0) is 135 Å². The zero-order valence-corrected chi connectivity index (χ0v) is 73.9. The molecule has 44 heteroatoms. The molecule has 42 nitrogen and oxygen atoms in total. The fourth-order valence-corrected chi connectivity index (χ4v) is 16.6. The van der Waals surface area contributed by atoms with Crippen LogP contribution in [0.1, 0.15) is 116 Å². The molecule has 1 saturated heterocycles. The average molecular weight is 1870 g/mol. The van der Waals surface area contributed by atoms with Gasteiger partial charge in [-0.05, 0) is 110 Å². The summed E-state index contributed by atoms with van der Waals surface area (Å²) in [5.74, 6) is -11.0. The number of aryl methyl sites for hydroxylation is 2. The summed E-state index contributed by atoms with van der Waals surface area (Å²) in [6.45, 7) is 8.80. The molecule has 712 valence electrons. The van der Waals surface area contributed by atoms with Gasteiger partial charge in [-0.2, -0.15) is 0 Å². The zero-order valence-electron chi connectivity index (χ0n) is 73.9. The highest BCUT2D eigenvalue weighted by Gasteiger charge is 2.50. The van der Waals surface area contributed by atoms with Crippen molar-refractivity contribution in [3.63, 3.8) is 0 Å². The van der Waals surface area contributed by atoms with Gasteiger partial charge in [0.1, 0.15) is 73.9 Å². The number of aromatic nitrogens is 4. The number of carboxylic acids is 1. The van der Waals surface area contributed by atoms with Crippen LogP contribution in [0.2, 0.25) is 0 Å². The Labute approximate surface area is 765 Å². The van der Waals surface area contributed by atoms with Crippen LogP contribution in [0.3, 0.4) is 0 Å². The van der Waals surface area contributed by atoms with Gasteiger partial charge in [-0.3, -0.25) is 68.4 Å². The van der Waals surface area contributed by atoms with Crippen molar-refractivity contribution < 1.29 is 135 Å². The number of hydrogen-bond acceptors (Lipinski definition) is 30. The maximum absolute atomic E-state index is 15.9. The predicted molar refractivity (Wildman–Crippen MR) is 467 cm³/mol. The molecule has 0 radical (unpaired) electrons. The number of carbonyl (C=O) groups is 12. The number of carbonyl (C=O) groups excluding carboxylic acids is 11. The summed E-state index contributed by atoms with van der Waals surface area (Å²) in [6.07, 6.45) is -9.77. The molecule has 0 aliphatic carbocycles. The van der Waals surface area contributed by atoms with Gasteiger partial charge in [0.2, 0.25) is 41.7 Å². The van der Waals surface area contributed by atoms with Crippen molar-refractivity contribution in [2.45, 2.75) is 167 Å². The number of aliphatic hydroxyl groups is 5. The molecule has 13 N–H and O–H groups in total. The van der Waals surface area contributed by atoms with E-state index in [0.29, 0.717) is 68.6 Å². The van der Waals surface area contributed by atoms with Crippen LogP contribution in [0, 0.1) is 11.6 Å². The number of pyridine rings is 4. The first-order valence-electron chi connectivity index (χ1n) is 43.0. The van der Waals surface area contributed by atoms with Gasteiger partial charge in [0.05, 0.1) is 83.3 Å². The quantitative estimate of drug-likeness (QED) is 0.0117. The Hall–Kier alpha value is -14.7. The molecule has 14 rings (SSSR count). The number of anilines is 2. The second-order valence-electron chi connectivity index (χ2n) is 32.7. The first-order chi connectivity index (χ1) is 64.3. The minimum atomic E-state index is -2.11. The van der Waals surface area contributed by atoms with E-state index >= 15 is 8.78 Å². The summed E-state index contributed by atoms with van der Waals surface area (Å²) < 4.78 is 78.5. The Morgan fingerprint density at radius 2 is 1.14 bits per heavy atom. The van der Waals surface area contributed by atoms with Crippen molar-refractivity contribution >= 4 is 105 Å². The lowest BCUT2D eigenvalue weighted by atomic mass is 9.84. The van der Waals surface area contributed by atoms with Crippen LogP contribution in [-0.4, -0.2) is 238 Å². The van der Waals surface area contributed by atoms with Crippen molar-refractivity contribution in [3.8, 4) is 40.0 Å². The number of nitrogens with zero attached hydrogens (tertiary/aromatic N) is 7. The second kappa shape index (κ2) is 40.0. The molecule has 8 aromatic rings. The van der Waals surface area contributed by atoms with Gasteiger partial charge in [0.25, 0.3) is 22.9 Å². The molecule has 0 bridgehead atoms. The first-order valence-corrected chi connectivity index (χ1v) is 43.0. The van der Waals surface area contributed by atoms with E-state index < -0.39 is 189 Å². The number of aliphatic hydroxyl groups excluding tert-OH is 3. The first kappa shape index (κ1) is 96.4. The zero-order chi connectivity index (χ0) is 97.1. The van der Waals surface area contributed by atoms with E-state index in [1.54, 1.807) is 26.0 Å². The van der Waals surface area contributed by atoms with E-state index in [1.165, 1.54) is 89.5 Å². The number of cyclic esters (lactones) is 1. The summed E-state index contributed by atoms with van der Waals surface area (Å²) in [4.78, 5) is 197. The maximum atomic E-state index is 15.9. The largest absolute Gasteiger partial charge is 0.490 e. The number of esters is 1. The number of nitrogens with one attached hydrogen (secondary N) is 7. The normalized spacial score (nSPS) is 19.2. The number of amides is 10. The van der Waals surface area contributed by atoms with Crippen molar-refractivity contribution in [1.82, 2.24) is 60.4 Å². The molecule has 4 aromatic heterocycles. The minimum Gasteiger partial charge on any atom is -0.490 e. The van der Waals surface area contributed by atoms with Crippen LogP contribution < -0.4 is 62.5 Å². The van der Waals surface area contributed by atoms with Gasteiger partial charge in [0, 0.05) is 96.1 Å². The number of ether oxygens (including phenoxy) is 8. The molecule has 0 unspecified atom stereocenters. The topological polar surface area (TPSA) is 564 Å². The van der Waals surface area contributed by atoms with Gasteiger partial charge >= 0.3 is 24.1 Å². The predicted octanol–water partition coefficient (Wildman–Crippen LogP) is 2.44. The van der Waals surface area contributed by atoms with E-state index in [2.05, 4.69) is 43.8 Å². The van der Waals surface area contributed by atoms with Crippen LogP contribution in [0.15, 0.2) is 113 Å². The summed E-state index contributed by atoms with van der Waals surface area (Å²) >= 11 is 0. The standard InChI is InChI=1S/C91H96F2N14O28/c1-9-49-51-26-68(59(92)30-61(51)101-75-53(49)32-106-64(75)28-57-55(83(106)119)39-128-45(7)90(57,126)11-3)133-42-96-89(125)131-38-47-15-18-66(134-86-79(116)77(114)78(115)80(135-86)85(121)122)63(25-47)100-70(109)34-103(8)72(111)21-22-94-69(108)35-104(23-24-105-73(112)19-20-74(105)113)36-71(110)97-43(5)81(117)98-44(6)82(118)99-48-16-13-46(14-17-48)37-130-88(124)95-41-132-67-27-52-50(10-2)54-33-107-65(76(54)102-62(52)31-60(67)93)29-58-56(84(107)120)40-129-87(123)91(58,127)12-4/h13-20,25-31,43-44,77-80,86,114-116,126-127H,7,9-12,21-24,32-42H2,1-6,8H3,(H,94,108)(H,95,124)(H,96,125)(H,97,110)(H,98,117)(H,99,118)(H,100,109)(H,121,122)/t43-,44-,77-,78-,79+,80-,86+,90+,91-/m0/s1. The molecule has 1 fully saturated rings. The summed E-state index contributed by atoms with van der Waals surface area (Å²) in [5.41, 5.74) is 2.03. The molecule has 6 aliphatic heterocycles. The third kappa shape index (κ3) is 20.0. The smallest absolute Gasteiger partial charge is 0.410 e. The van der Waals surface area contributed by atoms with E-state index in [-0.39, 0.29) is 139 Å². The number of aliphatic carboxylic acids is 1. The highest BCUT2D eigenvalue weighted by atomic mass is 19.1. The number of likely N-dealkylation sites (N-methyl/N-ethyl adjacent to an activating group) is 1. The van der Waals surface area contributed by atoms with Crippen molar-refractivity contribution in [2.75, 3.05) is 70.4 Å². The van der Waals surface area contributed by atoms with Crippen LogP contribution >= 0.6 is 0 Å². The van der Waals surface area contributed by atoms with E-state index in [4.69, 9.17) is 47.9 Å². The maximum Gasteiger partial charge on any atom is 0.410 e. The number of fused-ring (bicyclic) bond motifs is 10. The molecule has 9 atom stereocenters. The molecular formula is C91H96F2N14O28. The van der Waals surface area contributed by atoms with Gasteiger partial charge < -0.3 is 109 Å². The Morgan fingerprint density at radius 1 is 0.607 bits per heavy atom. The Balaban J connectivity index is 0.526. The number of benzene rings is 4. The fourth-order valence-electron chi connectivity index (χ4n) is 16.6. The Morgan fingerprint density at radius 3 is 1.70 bits per heavy atom. The number of carboxylic acid groups (broad SMARTS) is 1. The number of hydrogen-bond donors (Lipinski definition) is 13. The molecule has 135 heavy (non-hydrogen) atoms. The van der Waals surface area contributed by atoms with E-state index in [1.807, 2.05) is 13.8 Å². The van der Waals surface area contributed by atoms with Gasteiger partial charge in [-0.15, -0.1) is 0 Å². The number of rotatable bonds is 35. The molecular weight excluding hydrogens is 1780 g/mol. The van der Waals surface area contributed by atoms with Crippen LogP contribution in [0.25, 0.3) is 44.6 Å². The monoisotopic (exact) mass is 1870 g/mol. The van der Waals surface area contributed by atoms with Gasteiger partial charge in [-0.1, -0.05) is 52.5 Å². The van der Waals surface area contributed by atoms with Gasteiger partial charge in [0.15, 0.2) is 48.3 Å². The molecule has 10 heterocycles. The van der Waals surface area contributed by atoms with E-state index in [0.717, 1.165) is 45.2 Å². The molecule has 6 aliphatic rings. The lowest BCUT2D eigenvalue weighted by Crippen LogP contribution is -2.61. The lowest BCUT2D eigenvalue weighted by molar-refractivity contribution is -0.271. The number of imide groups is 1. The minimum absolute atomic E-state index is 0.0441. The van der Waals surface area contributed by atoms with Crippen molar-refractivity contribution in [3.05, 3.63) is 191 Å². The van der Waals surface area contributed by atoms with Crippen molar-refractivity contribution in [1.29, 1.82) is 0 Å². The summed E-state index contributed by atoms with van der Waals surface area (Å²) in [6, 6.07) is 15.7. The summed E-state index contributed by atoms with van der Waals surface area (Å²) in [7, 11) is 1.24. The summed E-state index contributed by atoms with van der Waals surface area (Å²) in [5, 5.41) is 82.8. The van der Waals surface area contributed by atoms with Crippen molar-refractivity contribution in [2.24, 2.45) is 0 Å². The Bertz CT molecular complexity index is 6350. The molecule has 4 aromatic carbocycles. The van der Waals surface area contributed by atoms with E-state index in [9.17, 15) is 97.8 Å². The average Bonchev–Trinajstić information content (AvgIpc) is 1.59.